The van der Waals surface area contributed by atoms with Gasteiger partial charge in [-0.3, -0.25) is 9.59 Å². The quantitative estimate of drug-likeness (QED) is 0.818. The lowest BCUT2D eigenvalue weighted by molar-refractivity contribution is -0.142. The van der Waals surface area contributed by atoms with Crippen LogP contribution < -0.4 is 5.73 Å². The third-order valence-corrected chi connectivity index (χ3v) is 4.91. The number of nitrogens with zero attached hydrogens (tertiary/aromatic N) is 2. The van der Waals surface area contributed by atoms with Gasteiger partial charge in [0.05, 0.1) is 6.61 Å². The number of carbonyl (C=O) groups is 2. The Morgan fingerprint density at radius 3 is 2.18 bits per heavy atom. The molecule has 0 saturated carbocycles. The number of ether oxygens (including phenoxy) is 1. The third kappa shape index (κ3) is 4.20. The average molecular weight is 311 g/mol. The lowest BCUT2D eigenvalue weighted by Gasteiger charge is -2.37. The minimum Gasteiger partial charge on any atom is -0.383 e. The van der Waals surface area contributed by atoms with E-state index in [9.17, 15) is 9.59 Å². The molecule has 22 heavy (non-hydrogen) atoms. The van der Waals surface area contributed by atoms with Crippen molar-refractivity contribution in [3.05, 3.63) is 0 Å². The van der Waals surface area contributed by atoms with Gasteiger partial charge in [-0.15, -0.1) is 0 Å². The van der Waals surface area contributed by atoms with E-state index < -0.39 is 6.04 Å². The minimum atomic E-state index is -0.596. The SMILES string of the molecule is COCC(N)C(=O)N1CCC(C(=O)N2CCC(C)CC2)CC1. The highest BCUT2D eigenvalue weighted by Gasteiger charge is 2.32. The lowest BCUT2D eigenvalue weighted by Crippen LogP contribution is -2.51. The predicted molar refractivity (Wildman–Crippen MR) is 84.1 cm³/mol. The number of methoxy groups -OCH3 is 1. The molecule has 0 bridgehead atoms. The first kappa shape index (κ1) is 17.2. The maximum atomic E-state index is 12.6. The maximum absolute atomic E-state index is 12.6. The van der Waals surface area contributed by atoms with Crippen LogP contribution in [0, 0.1) is 11.8 Å². The smallest absolute Gasteiger partial charge is 0.241 e. The van der Waals surface area contributed by atoms with Crippen LogP contribution in [0.5, 0.6) is 0 Å². The number of rotatable bonds is 4. The van der Waals surface area contributed by atoms with Gasteiger partial charge in [-0.1, -0.05) is 6.92 Å². The maximum Gasteiger partial charge on any atom is 0.241 e. The van der Waals surface area contributed by atoms with Crippen LogP contribution in [-0.4, -0.2) is 67.6 Å². The molecule has 2 N–H and O–H groups in total. The molecule has 2 saturated heterocycles. The second kappa shape index (κ2) is 7.92. The first-order valence-corrected chi connectivity index (χ1v) is 8.35. The Morgan fingerprint density at radius 1 is 1.09 bits per heavy atom. The molecular formula is C16H29N3O3. The molecule has 0 spiro atoms. The Kier molecular flexibility index (Phi) is 6.20. The van der Waals surface area contributed by atoms with Crippen molar-refractivity contribution in [2.24, 2.45) is 17.6 Å². The number of piperidine rings is 2. The van der Waals surface area contributed by atoms with Gasteiger partial charge in [0, 0.05) is 39.2 Å². The summed E-state index contributed by atoms with van der Waals surface area (Å²) in [5.74, 6) is 1.00. The van der Waals surface area contributed by atoms with Gasteiger partial charge in [0.15, 0.2) is 0 Å². The summed E-state index contributed by atoms with van der Waals surface area (Å²) < 4.78 is 4.93. The molecule has 2 amide bonds. The summed E-state index contributed by atoms with van der Waals surface area (Å²) >= 11 is 0. The van der Waals surface area contributed by atoms with Gasteiger partial charge in [-0.05, 0) is 31.6 Å². The van der Waals surface area contributed by atoms with Gasteiger partial charge < -0.3 is 20.3 Å². The van der Waals surface area contributed by atoms with Crippen molar-refractivity contribution in [2.75, 3.05) is 39.9 Å². The molecule has 6 nitrogen and oxygen atoms in total. The van der Waals surface area contributed by atoms with Crippen molar-refractivity contribution in [3.63, 3.8) is 0 Å². The summed E-state index contributed by atoms with van der Waals surface area (Å²) in [6.07, 6.45) is 3.70. The summed E-state index contributed by atoms with van der Waals surface area (Å²) in [7, 11) is 1.54. The Bertz CT molecular complexity index is 386. The van der Waals surface area contributed by atoms with Crippen molar-refractivity contribution in [3.8, 4) is 0 Å². The molecule has 0 aromatic heterocycles. The van der Waals surface area contributed by atoms with E-state index in [1.807, 2.05) is 4.90 Å². The largest absolute Gasteiger partial charge is 0.383 e. The van der Waals surface area contributed by atoms with E-state index in [4.69, 9.17) is 10.5 Å². The molecule has 1 unspecified atom stereocenters. The normalized spacial score (nSPS) is 22.7. The molecule has 1 atom stereocenters. The fourth-order valence-electron chi connectivity index (χ4n) is 3.32. The van der Waals surface area contributed by atoms with Gasteiger partial charge in [0.2, 0.25) is 11.8 Å². The van der Waals surface area contributed by atoms with Crippen molar-refractivity contribution in [1.29, 1.82) is 0 Å². The van der Waals surface area contributed by atoms with Crippen LogP contribution in [0.2, 0.25) is 0 Å². The molecule has 2 heterocycles. The van der Waals surface area contributed by atoms with Crippen molar-refractivity contribution in [2.45, 2.75) is 38.6 Å². The van der Waals surface area contributed by atoms with Crippen LogP contribution in [0.4, 0.5) is 0 Å². The highest BCUT2D eigenvalue weighted by atomic mass is 16.5. The number of amides is 2. The summed E-state index contributed by atoms with van der Waals surface area (Å²) in [4.78, 5) is 28.5. The molecule has 0 aromatic carbocycles. The fourth-order valence-corrected chi connectivity index (χ4v) is 3.32. The average Bonchev–Trinajstić information content (AvgIpc) is 2.54. The van der Waals surface area contributed by atoms with E-state index in [1.165, 1.54) is 7.11 Å². The Hall–Kier alpha value is -1.14. The van der Waals surface area contributed by atoms with E-state index >= 15 is 0 Å². The van der Waals surface area contributed by atoms with Gasteiger partial charge in [0.1, 0.15) is 6.04 Å². The van der Waals surface area contributed by atoms with Gasteiger partial charge in [0.25, 0.3) is 0 Å². The Labute approximate surface area is 132 Å². The summed E-state index contributed by atoms with van der Waals surface area (Å²) in [5.41, 5.74) is 5.79. The number of nitrogens with two attached hydrogens (primary N) is 1. The standard InChI is InChI=1S/C16H29N3O3/c1-12-3-7-18(8-4-12)15(20)13-5-9-19(10-6-13)16(21)14(17)11-22-2/h12-14H,3-11,17H2,1-2H3. The fraction of sp³-hybridized carbons (Fsp3) is 0.875. The minimum absolute atomic E-state index is 0.0658. The topological polar surface area (TPSA) is 75.9 Å². The van der Waals surface area contributed by atoms with Crippen LogP contribution in [0.3, 0.4) is 0 Å². The van der Waals surface area contributed by atoms with Crippen LogP contribution in [-0.2, 0) is 14.3 Å². The van der Waals surface area contributed by atoms with E-state index in [-0.39, 0.29) is 24.3 Å². The van der Waals surface area contributed by atoms with Crippen LogP contribution in [0.25, 0.3) is 0 Å². The van der Waals surface area contributed by atoms with E-state index in [0.29, 0.717) is 13.1 Å². The number of likely N-dealkylation sites (tertiary alicyclic amines) is 2. The van der Waals surface area contributed by atoms with E-state index in [0.717, 1.165) is 44.7 Å². The molecule has 0 radical (unpaired) electrons. The van der Waals surface area contributed by atoms with Crippen molar-refractivity contribution >= 4 is 11.8 Å². The number of hydrogen-bond donors (Lipinski definition) is 1. The molecule has 0 aromatic rings. The summed E-state index contributed by atoms with van der Waals surface area (Å²) in [5, 5.41) is 0. The Balaban J connectivity index is 1.79. The number of carbonyl (C=O) groups excluding carboxylic acids is 2. The van der Waals surface area contributed by atoms with E-state index in [2.05, 4.69) is 6.92 Å². The van der Waals surface area contributed by atoms with Crippen molar-refractivity contribution < 1.29 is 14.3 Å². The van der Waals surface area contributed by atoms with Gasteiger partial charge in [-0.2, -0.15) is 0 Å². The van der Waals surface area contributed by atoms with Gasteiger partial charge >= 0.3 is 0 Å². The highest BCUT2D eigenvalue weighted by molar-refractivity contribution is 5.83. The van der Waals surface area contributed by atoms with E-state index in [1.54, 1.807) is 4.90 Å². The predicted octanol–water partition coefficient (Wildman–Crippen LogP) is 0.457. The third-order valence-electron chi connectivity index (χ3n) is 4.91. The molecule has 126 valence electrons. The van der Waals surface area contributed by atoms with Crippen LogP contribution in [0.15, 0.2) is 0 Å². The zero-order valence-electron chi connectivity index (χ0n) is 13.8. The molecule has 0 aliphatic carbocycles. The highest BCUT2D eigenvalue weighted by Crippen LogP contribution is 2.23. The van der Waals surface area contributed by atoms with Gasteiger partial charge in [-0.25, -0.2) is 0 Å². The summed E-state index contributed by atoms with van der Waals surface area (Å²) in [6.45, 7) is 5.50. The first-order chi connectivity index (χ1) is 10.5. The van der Waals surface area contributed by atoms with Crippen molar-refractivity contribution in [1.82, 2.24) is 9.80 Å². The number of hydrogen-bond acceptors (Lipinski definition) is 4. The zero-order valence-corrected chi connectivity index (χ0v) is 13.8. The lowest BCUT2D eigenvalue weighted by atomic mass is 9.92. The molecule has 2 aliphatic heterocycles. The Morgan fingerprint density at radius 2 is 1.64 bits per heavy atom. The second-order valence-electron chi connectivity index (χ2n) is 6.67. The van der Waals surface area contributed by atoms with Crippen LogP contribution >= 0.6 is 0 Å². The molecule has 6 heteroatoms. The molecule has 2 rings (SSSR count). The first-order valence-electron chi connectivity index (χ1n) is 8.35. The second-order valence-corrected chi connectivity index (χ2v) is 6.67. The zero-order chi connectivity index (χ0) is 16.1. The molecule has 2 aliphatic rings. The monoisotopic (exact) mass is 311 g/mol. The molecular weight excluding hydrogens is 282 g/mol. The molecule has 2 fully saturated rings. The van der Waals surface area contributed by atoms with Crippen LogP contribution in [0.1, 0.15) is 32.6 Å². The summed E-state index contributed by atoms with van der Waals surface area (Å²) in [6, 6.07) is -0.596.